The Morgan fingerprint density at radius 3 is 2.64 bits per heavy atom. The maximum absolute atomic E-state index is 12.7. The highest BCUT2D eigenvalue weighted by molar-refractivity contribution is 8.00. The minimum Gasteiger partial charge on any atom is -0.335 e. The van der Waals surface area contributed by atoms with Gasteiger partial charge in [0.25, 0.3) is 0 Å². The van der Waals surface area contributed by atoms with E-state index in [4.69, 9.17) is 11.1 Å². The molecule has 1 aromatic heterocycles. The average Bonchev–Trinajstić information content (AvgIpc) is 2.96. The van der Waals surface area contributed by atoms with Crippen LogP contribution in [0.3, 0.4) is 0 Å². The van der Waals surface area contributed by atoms with Crippen LogP contribution in [0.5, 0.6) is 0 Å². The summed E-state index contributed by atoms with van der Waals surface area (Å²) in [6, 6.07) is 8.52. The molecular weight excluding hydrogens is 360 g/mol. The monoisotopic (exact) mass is 380 g/mol. The summed E-state index contributed by atoms with van der Waals surface area (Å²) < 4.78 is 28.0. The number of nitrogen functional groups attached to an aromatic ring is 1. The van der Waals surface area contributed by atoms with Crippen LogP contribution in [0.15, 0.2) is 34.3 Å². The summed E-state index contributed by atoms with van der Waals surface area (Å²) in [7, 11) is -3.57. The van der Waals surface area contributed by atoms with Crippen LogP contribution in [0.4, 0.5) is 0 Å². The third-order valence-corrected chi connectivity index (χ3v) is 6.56. The van der Waals surface area contributed by atoms with Crippen LogP contribution in [0.25, 0.3) is 11.4 Å². The van der Waals surface area contributed by atoms with E-state index in [1.54, 1.807) is 39.0 Å². The largest absolute Gasteiger partial charge is 0.335 e. The van der Waals surface area contributed by atoms with E-state index in [2.05, 4.69) is 16.3 Å². The van der Waals surface area contributed by atoms with Gasteiger partial charge in [-0.15, -0.1) is 10.2 Å². The van der Waals surface area contributed by atoms with E-state index in [0.29, 0.717) is 29.6 Å². The Bertz CT molecular complexity index is 884. The van der Waals surface area contributed by atoms with Crippen molar-refractivity contribution in [2.45, 2.75) is 36.1 Å². The number of aromatic nitrogens is 3. The van der Waals surface area contributed by atoms with E-state index in [9.17, 15) is 8.42 Å². The number of hydrogen-bond donors (Lipinski definition) is 1. The Morgan fingerprint density at radius 2 is 2.04 bits per heavy atom. The van der Waals surface area contributed by atoms with Gasteiger partial charge in [0, 0.05) is 18.7 Å². The molecule has 0 amide bonds. The van der Waals surface area contributed by atoms with E-state index in [1.807, 2.05) is 0 Å². The predicted octanol–water partition coefficient (Wildman–Crippen LogP) is 1.69. The first kappa shape index (κ1) is 19.2. The molecule has 0 aliphatic heterocycles. The molecule has 0 saturated carbocycles. The molecule has 0 aliphatic carbocycles. The number of benzene rings is 1. The highest BCUT2D eigenvalue weighted by Crippen LogP contribution is 2.26. The van der Waals surface area contributed by atoms with E-state index in [-0.39, 0.29) is 10.1 Å². The van der Waals surface area contributed by atoms with Gasteiger partial charge in [-0.05, 0) is 19.1 Å². The molecular formula is C15H20N6O2S2. The number of nitrogens with two attached hydrogens (primary N) is 1. The minimum atomic E-state index is -3.57. The van der Waals surface area contributed by atoms with Gasteiger partial charge in [0.2, 0.25) is 15.2 Å². The lowest BCUT2D eigenvalue weighted by atomic mass is 10.2. The van der Waals surface area contributed by atoms with Crippen molar-refractivity contribution in [3.8, 4) is 17.5 Å². The fraction of sp³-hybridized carbons (Fsp3) is 0.400. The van der Waals surface area contributed by atoms with Crippen molar-refractivity contribution in [1.29, 1.82) is 5.26 Å². The molecule has 10 heteroatoms. The highest BCUT2D eigenvalue weighted by atomic mass is 32.2. The summed E-state index contributed by atoms with van der Waals surface area (Å²) in [5.74, 6) is 6.35. The van der Waals surface area contributed by atoms with Crippen LogP contribution >= 0.6 is 11.8 Å². The molecule has 2 aromatic rings. The van der Waals surface area contributed by atoms with Crippen molar-refractivity contribution < 1.29 is 8.42 Å². The van der Waals surface area contributed by atoms with Crippen molar-refractivity contribution in [3.63, 3.8) is 0 Å². The maximum Gasteiger partial charge on any atom is 0.243 e. The van der Waals surface area contributed by atoms with Crippen LogP contribution in [0.1, 0.15) is 20.8 Å². The summed E-state index contributed by atoms with van der Waals surface area (Å²) in [6.07, 6.45) is 0. The second kappa shape index (κ2) is 7.86. The first-order valence-electron chi connectivity index (χ1n) is 7.72. The van der Waals surface area contributed by atoms with Crippen molar-refractivity contribution in [1.82, 2.24) is 19.2 Å². The molecule has 0 spiro atoms. The molecule has 0 fully saturated rings. The zero-order valence-electron chi connectivity index (χ0n) is 14.2. The number of hydrogen-bond acceptors (Lipinski definition) is 7. The van der Waals surface area contributed by atoms with Crippen molar-refractivity contribution in [2.24, 2.45) is 0 Å². The van der Waals surface area contributed by atoms with Gasteiger partial charge in [-0.1, -0.05) is 37.7 Å². The number of nitriles is 1. The lowest BCUT2D eigenvalue weighted by molar-refractivity contribution is 0.445. The molecule has 0 saturated heterocycles. The van der Waals surface area contributed by atoms with Crippen LogP contribution in [-0.2, 0) is 10.0 Å². The molecule has 2 N–H and O–H groups in total. The summed E-state index contributed by atoms with van der Waals surface area (Å²) in [6.45, 7) is 6.10. The molecule has 2 rings (SSSR count). The Balaban J connectivity index is 2.42. The van der Waals surface area contributed by atoms with Crippen molar-refractivity contribution in [2.75, 3.05) is 18.9 Å². The van der Waals surface area contributed by atoms with Crippen LogP contribution in [0.2, 0.25) is 0 Å². The number of rotatable bonds is 7. The van der Waals surface area contributed by atoms with Gasteiger partial charge >= 0.3 is 0 Å². The first-order chi connectivity index (χ1) is 11.8. The highest BCUT2D eigenvalue weighted by Gasteiger charge is 2.23. The maximum atomic E-state index is 12.7. The first-order valence-corrected chi connectivity index (χ1v) is 10.0. The van der Waals surface area contributed by atoms with E-state index < -0.39 is 10.0 Å². The third-order valence-electron chi connectivity index (χ3n) is 3.56. The van der Waals surface area contributed by atoms with Crippen molar-refractivity contribution in [3.05, 3.63) is 24.3 Å². The molecule has 8 nitrogen and oxygen atoms in total. The number of sulfonamides is 1. The summed E-state index contributed by atoms with van der Waals surface area (Å²) in [4.78, 5) is 0.177. The Morgan fingerprint density at radius 1 is 1.36 bits per heavy atom. The van der Waals surface area contributed by atoms with Gasteiger partial charge < -0.3 is 5.84 Å². The number of nitrogens with zero attached hydrogens (tertiary/aromatic N) is 5. The van der Waals surface area contributed by atoms with Crippen LogP contribution in [-0.4, -0.2) is 45.9 Å². The lowest BCUT2D eigenvalue weighted by Crippen LogP contribution is -2.30. The van der Waals surface area contributed by atoms with Gasteiger partial charge in [0.15, 0.2) is 5.82 Å². The molecule has 0 aliphatic rings. The van der Waals surface area contributed by atoms with Gasteiger partial charge in [-0.3, -0.25) is 0 Å². The smallest absolute Gasteiger partial charge is 0.243 e. The normalized spacial score (nSPS) is 12.9. The Kier molecular flexibility index (Phi) is 6.05. The second-order valence-electron chi connectivity index (χ2n) is 5.18. The Hall–Kier alpha value is -2.09. The molecule has 0 radical (unpaired) electrons. The molecule has 134 valence electrons. The van der Waals surface area contributed by atoms with E-state index in [1.165, 1.54) is 26.8 Å². The molecule has 0 bridgehead atoms. The quantitative estimate of drug-likeness (QED) is 0.573. The zero-order chi connectivity index (χ0) is 18.6. The SMILES string of the molecule is CCN(CC)S(=O)(=O)c1cccc(-c2nnc(S[C@H](C)C#N)n2N)c1. The predicted molar refractivity (Wildman–Crippen MR) is 96.6 cm³/mol. The molecule has 25 heavy (non-hydrogen) atoms. The van der Waals surface area contributed by atoms with Gasteiger partial charge in [-0.25, -0.2) is 13.1 Å². The van der Waals surface area contributed by atoms with Crippen molar-refractivity contribution >= 4 is 21.8 Å². The summed E-state index contributed by atoms with van der Waals surface area (Å²) in [5, 5.41) is 17.0. The van der Waals surface area contributed by atoms with Gasteiger partial charge in [0.1, 0.15) is 0 Å². The van der Waals surface area contributed by atoms with E-state index >= 15 is 0 Å². The Labute approximate surface area is 151 Å². The standard InChI is InChI=1S/C15H20N6O2S2/c1-4-20(5-2)25(22,23)13-8-6-7-12(9-13)14-18-19-15(21(14)17)24-11(3)10-16/h6-9,11H,4-5,17H2,1-3H3/t11-/m1/s1. The zero-order valence-corrected chi connectivity index (χ0v) is 15.9. The van der Waals surface area contributed by atoms with Crippen LogP contribution in [0, 0.1) is 11.3 Å². The van der Waals surface area contributed by atoms with Crippen LogP contribution < -0.4 is 5.84 Å². The fourth-order valence-electron chi connectivity index (χ4n) is 2.25. The van der Waals surface area contributed by atoms with Gasteiger partial charge in [-0.2, -0.15) is 9.57 Å². The third kappa shape index (κ3) is 3.95. The molecule has 0 unspecified atom stereocenters. The topological polar surface area (TPSA) is 118 Å². The number of thioether (sulfide) groups is 1. The summed E-state index contributed by atoms with van der Waals surface area (Å²) in [5.41, 5.74) is 0.541. The van der Waals surface area contributed by atoms with Gasteiger partial charge in [0.05, 0.1) is 16.2 Å². The fourth-order valence-corrected chi connectivity index (χ4v) is 4.41. The minimum absolute atomic E-state index is 0.177. The summed E-state index contributed by atoms with van der Waals surface area (Å²) >= 11 is 1.18. The molecule has 1 atom stereocenters. The molecule has 1 heterocycles. The second-order valence-corrected chi connectivity index (χ2v) is 8.43. The average molecular weight is 380 g/mol. The van der Waals surface area contributed by atoms with E-state index in [0.717, 1.165) is 0 Å². The molecule has 1 aromatic carbocycles. The lowest BCUT2D eigenvalue weighted by Gasteiger charge is -2.18.